The minimum absolute atomic E-state index is 0.0571. The van der Waals surface area contributed by atoms with Crippen LogP contribution >= 0.6 is 22.9 Å². The van der Waals surface area contributed by atoms with Crippen molar-refractivity contribution in [3.05, 3.63) is 119 Å². The van der Waals surface area contributed by atoms with E-state index in [2.05, 4.69) is 4.98 Å². The number of phenolic OH excluding ortho intramolecular Hbond substituents is 1. The zero-order valence-electron chi connectivity index (χ0n) is 34.7. The first-order chi connectivity index (χ1) is 30.4. The number of fused-ring (bicyclic) bond motifs is 6. The number of para-hydroxylation sites is 2. The summed E-state index contributed by atoms with van der Waals surface area (Å²) in [5, 5.41) is 17.3. The first-order valence-electron chi connectivity index (χ1n) is 21.0. The molecule has 4 aromatic carbocycles. The van der Waals surface area contributed by atoms with Crippen molar-refractivity contribution in [3.8, 4) is 33.5 Å². The van der Waals surface area contributed by atoms with E-state index in [1.165, 1.54) is 15.9 Å². The molecule has 316 valence electrons. The molecule has 3 fully saturated rings. The number of halogens is 1. The number of thiophene rings is 1. The number of phenols is 1. The van der Waals surface area contributed by atoms with Crippen LogP contribution in [0, 0.1) is 36.0 Å². The van der Waals surface area contributed by atoms with Gasteiger partial charge in [0.05, 0.1) is 40.3 Å². The van der Waals surface area contributed by atoms with E-state index in [-0.39, 0.29) is 42.1 Å². The Hall–Kier alpha value is -6.57. The highest BCUT2D eigenvalue weighted by molar-refractivity contribution is 7.22. The molecular weight excluding hydrogens is 838 g/mol. The van der Waals surface area contributed by atoms with Crippen molar-refractivity contribution in [2.45, 2.75) is 39.5 Å². The molecule has 12 nitrogen and oxygen atoms in total. The molecule has 2 saturated heterocycles. The Balaban J connectivity index is 0.976. The highest BCUT2D eigenvalue weighted by Gasteiger charge is 2.68. The van der Waals surface area contributed by atoms with Crippen molar-refractivity contribution >= 4 is 79.3 Å². The third-order valence-corrected chi connectivity index (χ3v) is 15.3. The number of carbonyl (C=O) groups excluding carboxylic acids is 4. The van der Waals surface area contributed by atoms with Gasteiger partial charge in [-0.2, -0.15) is 5.10 Å². The number of imide groups is 2. The van der Waals surface area contributed by atoms with E-state index in [4.69, 9.17) is 25.9 Å². The van der Waals surface area contributed by atoms with Crippen molar-refractivity contribution in [2.24, 2.45) is 36.1 Å². The maximum atomic E-state index is 15.3. The second kappa shape index (κ2) is 14.2. The Labute approximate surface area is 370 Å². The largest absolute Gasteiger partial charge is 0.504 e. The van der Waals surface area contributed by atoms with Gasteiger partial charge in [-0.3, -0.25) is 28.8 Å². The molecule has 11 rings (SSSR count). The van der Waals surface area contributed by atoms with Gasteiger partial charge in [-0.25, -0.2) is 9.88 Å². The minimum Gasteiger partial charge on any atom is -0.504 e. The van der Waals surface area contributed by atoms with Crippen molar-refractivity contribution in [1.29, 1.82) is 0 Å². The van der Waals surface area contributed by atoms with Gasteiger partial charge in [-0.1, -0.05) is 41.4 Å². The lowest BCUT2D eigenvalue weighted by Gasteiger charge is -2.49. The number of carbonyl (C=O) groups is 4. The van der Waals surface area contributed by atoms with Crippen LogP contribution in [-0.4, -0.2) is 50.1 Å². The SMILES string of the molecule is CCOc1cc(C2C3=CCC4C(=O)N(c5ccc(-c6nc7ccccc7o6)cc5)C(=O)C4C3CC3C(=O)N(c4cc(-c5sc6ccc(Cl)cc6c5C)nn4C)C(=O)C32C)ccc1O. The predicted molar refractivity (Wildman–Crippen MR) is 240 cm³/mol. The summed E-state index contributed by atoms with van der Waals surface area (Å²) in [6.07, 6.45) is 2.47. The number of anilines is 2. The topological polar surface area (TPSA) is 148 Å². The maximum Gasteiger partial charge on any atom is 0.242 e. The third kappa shape index (κ3) is 5.71. The Kier molecular flexibility index (Phi) is 8.87. The van der Waals surface area contributed by atoms with Gasteiger partial charge in [0.1, 0.15) is 17.0 Å². The molecule has 4 amide bonds. The second-order valence-electron chi connectivity index (χ2n) is 17.1. The van der Waals surface area contributed by atoms with Gasteiger partial charge in [0, 0.05) is 34.3 Å². The number of aromatic nitrogens is 3. The molecule has 3 aromatic heterocycles. The molecule has 1 N–H and O–H groups in total. The zero-order chi connectivity index (χ0) is 43.6. The van der Waals surface area contributed by atoms with E-state index < -0.39 is 40.9 Å². The molecule has 6 atom stereocenters. The summed E-state index contributed by atoms with van der Waals surface area (Å²) in [4.78, 5) is 67.6. The summed E-state index contributed by atoms with van der Waals surface area (Å²) in [5.41, 5.74) is 4.30. The van der Waals surface area contributed by atoms with Crippen molar-refractivity contribution < 1.29 is 33.4 Å². The number of ether oxygens (including phenoxy) is 1. The van der Waals surface area contributed by atoms with Gasteiger partial charge < -0.3 is 14.3 Å². The number of aromatic hydroxyl groups is 1. The fourth-order valence-corrected chi connectivity index (χ4v) is 12.1. The van der Waals surface area contributed by atoms with E-state index in [1.54, 1.807) is 65.5 Å². The molecule has 63 heavy (non-hydrogen) atoms. The Morgan fingerprint density at radius 3 is 2.51 bits per heavy atom. The van der Waals surface area contributed by atoms with Crippen LogP contribution in [0.4, 0.5) is 11.5 Å². The molecule has 4 aliphatic rings. The number of allylic oxidation sites excluding steroid dienone is 2. The molecular formula is C49H40ClN5O7S. The number of nitrogens with zero attached hydrogens (tertiary/aromatic N) is 5. The van der Waals surface area contributed by atoms with Gasteiger partial charge in [-0.05, 0) is 123 Å². The summed E-state index contributed by atoms with van der Waals surface area (Å²) in [6.45, 7) is 5.95. The number of hydrogen-bond acceptors (Lipinski definition) is 10. The third-order valence-electron chi connectivity index (χ3n) is 13.8. The second-order valence-corrected chi connectivity index (χ2v) is 18.6. The Morgan fingerprint density at radius 2 is 1.73 bits per heavy atom. The van der Waals surface area contributed by atoms with Crippen molar-refractivity contribution in [3.63, 3.8) is 0 Å². The van der Waals surface area contributed by atoms with Crippen LogP contribution in [0.15, 0.2) is 107 Å². The summed E-state index contributed by atoms with van der Waals surface area (Å²) >= 11 is 7.92. The molecule has 1 saturated carbocycles. The summed E-state index contributed by atoms with van der Waals surface area (Å²) in [5.74, 6) is -4.01. The average molecular weight is 878 g/mol. The standard InChI is InChI=1S/C49H40ClN5O7S/c1-5-61-38-20-26(12-18-36(38)56)42-29-16-17-30-41(47(59)54(45(30)57)28-14-10-25(11-15-28)44-51-34-8-6-7-9-37(34)62-44)32(29)22-33-46(58)55(48(60)49(33,42)3)40-23-35(52-53(40)4)43-24(2)31-21-27(50)13-19-39(31)63-43/h6-16,18-21,23,30,32-33,41-42,56H,5,17,22H2,1-4H3. The minimum atomic E-state index is -1.31. The molecule has 14 heteroatoms. The van der Waals surface area contributed by atoms with Crippen LogP contribution in [0.2, 0.25) is 5.02 Å². The van der Waals surface area contributed by atoms with E-state index in [1.807, 2.05) is 69.3 Å². The maximum absolute atomic E-state index is 15.3. The van der Waals surface area contributed by atoms with Crippen LogP contribution < -0.4 is 14.5 Å². The van der Waals surface area contributed by atoms with Crippen LogP contribution in [0.5, 0.6) is 11.5 Å². The van der Waals surface area contributed by atoms with Gasteiger partial charge >= 0.3 is 0 Å². The lowest BCUT2D eigenvalue weighted by Crippen LogP contribution is -2.49. The number of aryl methyl sites for hydroxylation is 2. The van der Waals surface area contributed by atoms with Gasteiger partial charge in [0.25, 0.3) is 0 Å². The van der Waals surface area contributed by atoms with Crippen molar-refractivity contribution in [1.82, 2.24) is 14.8 Å². The highest BCUT2D eigenvalue weighted by atomic mass is 35.5. The smallest absolute Gasteiger partial charge is 0.242 e. The number of hydrogen-bond donors (Lipinski definition) is 1. The number of rotatable bonds is 7. The van der Waals surface area contributed by atoms with Crippen LogP contribution in [-0.2, 0) is 26.2 Å². The summed E-state index contributed by atoms with van der Waals surface area (Å²) in [6, 6.07) is 27.1. The first kappa shape index (κ1) is 39.3. The van der Waals surface area contributed by atoms with E-state index >= 15 is 9.59 Å². The molecule has 0 spiro atoms. The van der Waals surface area contributed by atoms with Gasteiger partial charge in [0.15, 0.2) is 17.1 Å². The van der Waals surface area contributed by atoms with Crippen LogP contribution in [0.1, 0.15) is 43.7 Å². The van der Waals surface area contributed by atoms with E-state index in [9.17, 15) is 14.7 Å². The number of benzene rings is 4. The monoisotopic (exact) mass is 877 g/mol. The fourth-order valence-electron chi connectivity index (χ4n) is 10.8. The molecule has 0 bridgehead atoms. The average Bonchev–Trinajstić information content (AvgIpc) is 4.06. The highest BCUT2D eigenvalue weighted by Crippen LogP contribution is 2.64. The quantitative estimate of drug-likeness (QED) is 0.122. The Bertz CT molecular complexity index is 3120. The normalized spacial score (nSPS) is 24.3. The molecule has 7 aromatic rings. The number of amides is 4. The van der Waals surface area contributed by atoms with Crippen molar-refractivity contribution in [2.75, 3.05) is 16.4 Å². The van der Waals surface area contributed by atoms with Crippen LogP contribution in [0.3, 0.4) is 0 Å². The Morgan fingerprint density at radius 1 is 0.937 bits per heavy atom. The van der Waals surface area contributed by atoms with E-state index in [0.717, 1.165) is 31.6 Å². The van der Waals surface area contributed by atoms with Gasteiger partial charge in [0.2, 0.25) is 29.5 Å². The van der Waals surface area contributed by atoms with Crippen LogP contribution in [0.25, 0.3) is 43.2 Å². The number of oxazole rings is 1. The predicted octanol–water partition coefficient (Wildman–Crippen LogP) is 9.61. The molecule has 6 unspecified atom stereocenters. The van der Waals surface area contributed by atoms with E-state index in [0.29, 0.717) is 51.4 Å². The molecule has 5 heterocycles. The summed E-state index contributed by atoms with van der Waals surface area (Å²) < 4.78 is 14.4. The summed E-state index contributed by atoms with van der Waals surface area (Å²) in [7, 11) is 1.72. The fraction of sp³-hybridized carbons (Fsp3) is 0.265. The lowest BCUT2D eigenvalue weighted by molar-refractivity contribution is -0.131. The first-order valence-corrected chi connectivity index (χ1v) is 22.2. The lowest BCUT2D eigenvalue weighted by atomic mass is 9.51. The zero-order valence-corrected chi connectivity index (χ0v) is 36.2. The molecule has 2 aliphatic heterocycles. The van der Waals surface area contributed by atoms with Gasteiger partial charge in [-0.15, -0.1) is 11.3 Å². The molecule has 0 radical (unpaired) electrons. The molecule has 2 aliphatic carbocycles.